The number of carboxylic acid groups (broad SMARTS) is 1. The van der Waals surface area contributed by atoms with Crippen LogP contribution in [-0.4, -0.2) is 53.3 Å². The number of carbonyl (C=O) groups is 3. The highest BCUT2D eigenvalue weighted by Crippen LogP contribution is 2.44. The molecule has 0 bridgehead atoms. The van der Waals surface area contributed by atoms with E-state index < -0.39 is 30.4 Å². The Hall–Kier alpha value is -3.00. The van der Waals surface area contributed by atoms with Crippen molar-refractivity contribution >= 4 is 29.7 Å². The van der Waals surface area contributed by atoms with E-state index in [-0.39, 0.29) is 18.6 Å². The third kappa shape index (κ3) is 6.51. The smallest absolute Gasteiger partial charge is 0.407 e. The van der Waals surface area contributed by atoms with Crippen molar-refractivity contribution in [3.05, 3.63) is 59.7 Å². The predicted molar refractivity (Wildman–Crippen MR) is 129 cm³/mol. The number of carbonyl (C=O) groups excluding carboxylic acids is 2. The minimum absolute atomic E-state index is 0.0886. The number of amides is 2. The molecule has 3 N–H and O–H groups in total. The second kappa shape index (κ2) is 11.7. The van der Waals surface area contributed by atoms with Gasteiger partial charge in [-0.3, -0.25) is 9.59 Å². The first-order valence-corrected chi connectivity index (χ1v) is 12.3. The molecular formula is C25H30N2O5S. The molecule has 8 heteroatoms. The number of hydrogen-bond acceptors (Lipinski definition) is 5. The zero-order chi connectivity index (χ0) is 23.8. The molecule has 7 nitrogen and oxygen atoms in total. The van der Waals surface area contributed by atoms with E-state index >= 15 is 0 Å². The van der Waals surface area contributed by atoms with Gasteiger partial charge >= 0.3 is 12.1 Å². The molecule has 33 heavy (non-hydrogen) atoms. The quantitative estimate of drug-likeness (QED) is 0.429. The Morgan fingerprint density at radius 3 is 2.21 bits per heavy atom. The van der Waals surface area contributed by atoms with Crippen molar-refractivity contribution < 1.29 is 24.2 Å². The van der Waals surface area contributed by atoms with Crippen LogP contribution in [0.4, 0.5) is 4.79 Å². The van der Waals surface area contributed by atoms with Crippen LogP contribution in [0.15, 0.2) is 48.5 Å². The van der Waals surface area contributed by atoms with Crippen molar-refractivity contribution in [2.75, 3.05) is 18.1 Å². The van der Waals surface area contributed by atoms with E-state index in [0.29, 0.717) is 5.75 Å². The second-order valence-electron chi connectivity index (χ2n) is 8.10. The zero-order valence-corrected chi connectivity index (χ0v) is 19.7. The molecule has 176 valence electrons. The van der Waals surface area contributed by atoms with E-state index in [1.165, 1.54) is 0 Å². The lowest BCUT2D eigenvalue weighted by molar-refractivity contribution is -0.139. The molecule has 2 amide bonds. The van der Waals surface area contributed by atoms with Crippen LogP contribution in [0.1, 0.15) is 43.7 Å². The maximum absolute atomic E-state index is 12.6. The Labute approximate surface area is 198 Å². The van der Waals surface area contributed by atoms with Crippen molar-refractivity contribution in [3.63, 3.8) is 0 Å². The van der Waals surface area contributed by atoms with Gasteiger partial charge in [-0.05, 0) is 41.4 Å². The summed E-state index contributed by atoms with van der Waals surface area (Å²) in [5, 5.41) is 14.4. The van der Waals surface area contributed by atoms with E-state index in [1.54, 1.807) is 11.8 Å². The third-order valence-corrected chi connectivity index (χ3v) is 6.87. The fourth-order valence-corrected chi connectivity index (χ4v) is 4.85. The third-order valence-electron chi connectivity index (χ3n) is 5.44. The number of carboxylic acids is 1. The van der Waals surface area contributed by atoms with Gasteiger partial charge in [-0.1, -0.05) is 55.5 Å². The summed E-state index contributed by atoms with van der Waals surface area (Å²) in [7, 11) is 0. The summed E-state index contributed by atoms with van der Waals surface area (Å²) in [4.78, 5) is 36.4. The molecule has 0 saturated heterocycles. The molecule has 0 saturated carbocycles. The molecule has 0 aliphatic heterocycles. The fraction of sp³-hybridized carbons (Fsp3) is 0.400. The summed E-state index contributed by atoms with van der Waals surface area (Å²) in [6.45, 7) is 4.02. The maximum atomic E-state index is 12.6. The topological polar surface area (TPSA) is 105 Å². The molecule has 2 aromatic carbocycles. The Morgan fingerprint density at radius 2 is 1.64 bits per heavy atom. The minimum Gasteiger partial charge on any atom is -0.481 e. The minimum atomic E-state index is -1.21. The molecule has 2 aromatic rings. The van der Waals surface area contributed by atoms with Crippen LogP contribution in [-0.2, 0) is 14.3 Å². The fourth-order valence-electron chi connectivity index (χ4n) is 3.96. The molecular weight excluding hydrogens is 440 g/mol. The van der Waals surface area contributed by atoms with Crippen LogP contribution >= 0.6 is 11.8 Å². The first-order chi connectivity index (χ1) is 15.9. The molecule has 0 radical (unpaired) electrons. The summed E-state index contributed by atoms with van der Waals surface area (Å²) in [5.41, 5.74) is 4.37. The highest BCUT2D eigenvalue weighted by molar-refractivity contribution is 7.99. The largest absolute Gasteiger partial charge is 0.481 e. The normalized spacial score (nSPS) is 14.0. The Balaban J connectivity index is 1.60. The first kappa shape index (κ1) is 24.6. The van der Waals surface area contributed by atoms with Gasteiger partial charge in [0, 0.05) is 17.7 Å². The van der Waals surface area contributed by atoms with E-state index in [0.717, 1.165) is 34.4 Å². The predicted octanol–water partition coefficient (Wildman–Crippen LogP) is 4.02. The maximum Gasteiger partial charge on any atom is 0.407 e. The van der Waals surface area contributed by atoms with Crippen LogP contribution in [0.3, 0.4) is 0 Å². The molecule has 2 atom stereocenters. The number of aliphatic carboxylic acids is 1. The Bertz CT molecular complexity index is 951. The zero-order valence-electron chi connectivity index (χ0n) is 18.9. The van der Waals surface area contributed by atoms with Crippen LogP contribution in [0, 0.1) is 0 Å². The lowest BCUT2D eigenvalue weighted by Crippen LogP contribution is -2.50. The van der Waals surface area contributed by atoms with E-state index in [4.69, 9.17) is 4.74 Å². The van der Waals surface area contributed by atoms with Gasteiger partial charge in [0.2, 0.25) is 5.91 Å². The van der Waals surface area contributed by atoms with Crippen LogP contribution in [0.5, 0.6) is 0 Å². The summed E-state index contributed by atoms with van der Waals surface area (Å²) in [6, 6.07) is 14.6. The van der Waals surface area contributed by atoms with Gasteiger partial charge in [0.15, 0.2) is 0 Å². The lowest BCUT2D eigenvalue weighted by atomic mass is 9.98. The summed E-state index contributed by atoms with van der Waals surface area (Å²) in [6.07, 6.45) is -0.299. The van der Waals surface area contributed by atoms with Crippen LogP contribution in [0.25, 0.3) is 11.1 Å². The monoisotopic (exact) mass is 470 g/mol. The van der Waals surface area contributed by atoms with Gasteiger partial charge in [0.25, 0.3) is 0 Å². The number of fused-ring (bicyclic) bond motifs is 3. The summed E-state index contributed by atoms with van der Waals surface area (Å²) in [5.74, 6) is -0.135. The summed E-state index contributed by atoms with van der Waals surface area (Å²) < 4.78 is 5.46. The Morgan fingerprint density at radius 1 is 1.03 bits per heavy atom. The lowest BCUT2D eigenvalue weighted by Gasteiger charge is -2.21. The number of rotatable bonds is 11. The van der Waals surface area contributed by atoms with Gasteiger partial charge < -0.3 is 20.5 Å². The van der Waals surface area contributed by atoms with Crippen molar-refractivity contribution in [1.29, 1.82) is 0 Å². The van der Waals surface area contributed by atoms with Gasteiger partial charge in [-0.25, -0.2) is 4.79 Å². The number of hydrogen-bond donors (Lipinski definition) is 3. The molecule has 3 rings (SSSR count). The van der Waals surface area contributed by atoms with Crippen molar-refractivity contribution in [1.82, 2.24) is 10.6 Å². The molecule has 1 aliphatic carbocycles. The number of ether oxygens (including phenoxy) is 1. The molecule has 0 aromatic heterocycles. The highest BCUT2D eigenvalue weighted by atomic mass is 32.2. The van der Waals surface area contributed by atoms with E-state index in [9.17, 15) is 19.5 Å². The van der Waals surface area contributed by atoms with Gasteiger partial charge in [0.1, 0.15) is 12.6 Å². The molecule has 0 fully saturated rings. The van der Waals surface area contributed by atoms with E-state index in [1.807, 2.05) is 55.5 Å². The first-order valence-electron chi connectivity index (χ1n) is 11.1. The average molecular weight is 471 g/mol. The number of nitrogens with one attached hydrogen (secondary N) is 2. The molecule has 0 heterocycles. The van der Waals surface area contributed by atoms with Gasteiger partial charge in [0.05, 0.1) is 6.42 Å². The van der Waals surface area contributed by atoms with Crippen molar-refractivity contribution in [2.45, 2.75) is 44.7 Å². The van der Waals surface area contributed by atoms with Crippen molar-refractivity contribution in [3.8, 4) is 11.1 Å². The standard InChI is InChI=1S/C25H30N2O5S/c1-3-12-33-15-16(2)26-24(30)22(13-23(28)29)27-25(31)32-14-21-19-10-6-4-8-17(19)18-9-5-7-11-20(18)21/h4-11,16,21-22H,3,12-15H2,1-2H3,(H,26,30)(H,27,31)(H,28,29). The second-order valence-corrected chi connectivity index (χ2v) is 9.25. The highest BCUT2D eigenvalue weighted by Gasteiger charge is 2.30. The summed E-state index contributed by atoms with van der Waals surface area (Å²) >= 11 is 1.71. The van der Waals surface area contributed by atoms with Crippen LogP contribution in [0.2, 0.25) is 0 Å². The number of benzene rings is 2. The van der Waals surface area contributed by atoms with Gasteiger partial charge in [-0.15, -0.1) is 0 Å². The molecule has 1 aliphatic rings. The molecule has 0 spiro atoms. The van der Waals surface area contributed by atoms with Gasteiger partial charge in [-0.2, -0.15) is 11.8 Å². The van der Waals surface area contributed by atoms with E-state index in [2.05, 4.69) is 17.6 Å². The molecule has 2 unspecified atom stereocenters. The number of alkyl carbamates (subject to hydrolysis) is 1. The average Bonchev–Trinajstić information content (AvgIpc) is 3.11. The SMILES string of the molecule is CCCSCC(C)NC(=O)C(CC(=O)O)NC(=O)OCC1c2ccccc2-c2ccccc21. The number of thioether (sulfide) groups is 1. The van der Waals surface area contributed by atoms with Crippen LogP contribution < -0.4 is 10.6 Å². The Kier molecular flexibility index (Phi) is 8.77. The van der Waals surface area contributed by atoms with Crippen molar-refractivity contribution in [2.24, 2.45) is 0 Å².